The third-order valence-corrected chi connectivity index (χ3v) is 4.30. The van der Waals surface area contributed by atoms with Crippen LogP contribution in [0, 0.1) is 0 Å². The van der Waals surface area contributed by atoms with Crippen LogP contribution in [-0.4, -0.2) is 7.05 Å². The van der Waals surface area contributed by atoms with E-state index in [9.17, 15) is 0 Å². The summed E-state index contributed by atoms with van der Waals surface area (Å²) in [6, 6.07) is 17.4. The van der Waals surface area contributed by atoms with E-state index in [1.165, 1.54) is 36.0 Å². The van der Waals surface area contributed by atoms with Crippen LogP contribution in [0.25, 0.3) is 0 Å². The van der Waals surface area contributed by atoms with Gasteiger partial charge in [-0.05, 0) is 49.1 Å². The molecule has 1 atom stereocenters. The maximum absolute atomic E-state index is 6.27. The molecule has 2 aromatic carbocycles. The zero-order valence-electron chi connectivity index (χ0n) is 12.9. The summed E-state index contributed by atoms with van der Waals surface area (Å²) >= 11 is 6.27. The van der Waals surface area contributed by atoms with E-state index >= 15 is 0 Å². The van der Waals surface area contributed by atoms with Gasteiger partial charge in [-0.1, -0.05) is 67.4 Å². The second-order valence-electron chi connectivity index (χ2n) is 5.48. The minimum atomic E-state index is 0.296. The summed E-state index contributed by atoms with van der Waals surface area (Å²) in [5.74, 6) is 0. The normalized spacial score (nSPS) is 12.3. The molecular weight excluding hydrogens is 278 g/mol. The molecule has 2 aromatic rings. The van der Waals surface area contributed by atoms with Crippen LogP contribution in [0.5, 0.6) is 0 Å². The summed E-state index contributed by atoms with van der Waals surface area (Å²) in [6.45, 7) is 2.23. The Bertz CT molecular complexity index is 548. The Balaban J connectivity index is 2.08. The van der Waals surface area contributed by atoms with Gasteiger partial charge >= 0.3 is 0 Å². The SMILES string of the molecule is CCCCc1ccc(C(Cc2ccccc2Cl)NC)cc1. The monoisotopic (exact) mass is 301 g/mol. The van der Waals surface area contributed by atoms with Gasteiger partial charge in [0.1, 0.15) is 0 Å². The molecular formula is C19H24ClN. The van der Waals surface area contributed by atoms with Crippen molar-refractivity contribution in [1.29, 1.82) is 0 Å². The highest BCUT2D eigenvalue weighted by Gasteiger charge is 2.11. The molecule has 0 aliphatic carbocycles. The zero-order chi connectivity index (χ0) is 15.1. The van der Waals surface area contributed by atoms with E-state index in [1.54, 1.807) is 0 Å². The summed E-state index contributed by atoms with van der Waals surface area (Å²) < 4.78 is 0. The van der Waals surface area contributed by atoms with Gasteiger partial charge in [0.25, 0.3) is 0 Å². The van der Waals surface area contributed by atoms with Gasteiger partial charge in [-0.2, -0.15) is 0 Å². The molecule has 0 amide bonds. The van der Waals surface area contributed by atoms with Gasteiger partial charge in [-0.15, -0.1) is 0 Å². The molecule has 0 fully saturated rings. The number of unbranched alkanes of at least 4 members (excludes halogenated alkanes) is 1. The van der Waals surface area contributed by atoms with Gasteiger partial charge in [-0.3, -0.25) is 0 Å². The molecule has 2 heteroatoms. The number of rotatable bonds is 7. The number of nitrogens with one attached hydrogen (secondary N) is 1. The highest BCUT2D eigenvalue weighted by molar-refractivity contribution is 6.31. The van der Waals surface area contributed by atoms with Crippen molar-refractivity contribution in [2.24, 2.45) is 0 Å². The van der Waals surface area contributed by atoms with Gasteiger partial charge in [0.2, 0.25) is 0 Å². The Morgan fingerprint density at radius 1 is 1.05 bits per heavy atom. The van der Waals surface area contributed by atoms with Crippen LogP contribution in [0.3, 0.4) is 0 Å². The number of hydrogen-bond acceptors (Lipinski definition) is 1. The van der Waals surface area contributed by atoms with Gasteiger partial charge in [-0.25, -0.2) is 0 Å². The zero-order valence-corrected chi connectivity index (χ0v) is 13.7. The first-order valence-electron chi connectivity index (χ1n) is 7.74. The van der Waals surface area contributed by atoms with Gasteiger partial charge < -0.3 is 5.32 Å². The molecule has 0 saturated heterocycles. The minimum Gasteiger partial charge on any atom is -0.313 e. The molecule has 1 unspecified atom stereocenters. The number of hydrogen-bond donors (Lipinski definition) is 1. The highest BCUT2D eigenvalue weighted by atomic mass is 35.5. The van der Waals surface area contributed by atoms with Gasteiger partial charge in [0.05, 0.1) is 0 Å². The van der Waals surface area contributed by atoms with Crippen molar-refractivity contribution in [3.8, 4) is 0 Å². The Morgan fingerprint density at radius 3 is 2.38 bits per heavy atom. The standard InChI is InChI=1S/C19H24ClN/c1-3-4-7-15-10-12-16(13-11-15)19(21-2)14-17-8-5-6-9-18(17)20/h5-6,8-13,19,21H,3-4,7,14H2,1-2H3. The van der Waals surface area contributed by atoms with Crippen molar-refractivity contribution in [2.45, 2.75) is 38.6 Å². The van der Waals surface area contributed by atoms with Crippen molar-refractivity contribution in [2.75, 3.05) is 7.05 Å². The lowest BCUT2D eigenvalue weighted by atomic mass is 9.97. The van der Waals surface area contributed by atoms with E-state index < -0.39 is 0 Å². The van der Waals surface area contributed by atoms with Crippen LogP contribution in [-0.2, 0) is 12.8 Å². The van der Waals surface area contributed by atoms with Crippen molar-refractivity contribution in [1.82, 2.24) is 5.32 Å². The van der Waals surface area contributed by atoms with E-state index in [2.05, 4.69) is 42.6 Å². The van der Waals surface area contributed by atoms with Gasteiger partial charge in [0, 0.05) is 11.1 Å². The van der Waals surface area contributed by atoms with E-state index in [1.807, 2.05) is 25.2 Å². The lowest BCUT2D eigenvalue weighted by Crippen LogP contribution is -2.19. The van der Waals surface area contributed by atoms with Crippen LogP contribution in [0.4, 0.5) is 0 Å². The Hall–Kier alpha value is -1.31. The number of aryl methyl sites for hydroxylation is 1. The summed E-state index contributed by atoms with van der Waals surface area (Å²) in [6.07, 6.45) is 4.58. The molecule has 2 rings (SSSR count). The first-order valence-corrected chi connectivity index (χ1v) is 8.12. The predicted molar refractivity (Wildman–Crippen MR) is 92.0 cm³/mol. The average molecular weight is 302 g/mol. The third kappa shape index (κ3) is 4.59. The lowest BCUT2D eigenvalue weighted by Gasteiger charge is -2.18. The van der Waals surface area contributed by atoms with E-state index in [0.717, 1.165) is 11.4 Å². The molecule has 1 N–H and O–H groups in total. The van der Waals surface area contributed by atoms with E-state index in [0.29, 0.717) is 6.04 Å². The summed E-state index contributed by atoms with van der Waals surface area (Å²) in [4.78, 5) is 0. The topological polar surface area (TPSA) is 12.0 Å². The van der Waals surface area contributed by atoms with Crippen LogP contribution in [0.15, 0.2) is 48.5 Å². The number of benzene rings is 2. The second kappa shape index (κ2) is 8.21. The lowest BCUT2D eigenvalue weighted by molar-refractivity contribution is 0.592. The quantitative estimate of drug-likeness (QED) is 0.742. The molecule has 0 spiro atoms. The summed E-state index contributed by atoms with van der Waals surface area (Å²) in [7, 11) is 2.01. The summed E-state index contributed by atoms with van der Waals surface area (Å²) in [5, 5.41) is 4.24. The third-order valence-electron chi connectivity index (χ3n) is 3.93. The molecule has 1 nitrogen and oxygen atoms in total. The van der Waals surface area contributed by atoms with Crippen molar-refractivity contribution in [3.63, 3.8) is 0 Å². The second-order valence-corrected chi connectivity index (χ2v) is 5.89. The molecule has 0 aliphatic heterocycles. The predicted octanol–water partition coefficient (Wildman–Crippen LogP) is 5.19. The smallest absolute Gasteiger partial charge is 0.0438 e. The van der Waals surface area contributed by atoms with E-state index in [-0.39, 0.29) is 0 Å². The fraction of sp³-hybridized carbons (Fsp3) is 0.368. The Labute approximate surface area is 133 Å². The fourth-order valence-electron chi connectivity index (χ4n) is 2.57. The molecule has 21 heavy (non-hydrogen) atoms. The van der Waals surface area contributed by atoms with Gasteiger partial charge in [0.15, 0.2) is 0 Å². The maximum atomic E-state index is 6.27. The van der Waals surface area contributed by atoms with Crippen molar-refractivity contribution in [3.05, 3.63) is 70.2 Å². The molecule has 0 saturated carbocycles. The highest BCUT2D eigenvalue weighted by Crippen LogP contribution is 2.23. The average Bonchev–Trinajstić information content (AvgIpc) is 2.53. The molecule has 0 radical (unpaired) electrons. The number of likely N-dealkylation sites (N-methyl/N-ethyl adjacent to an activating group) is 1. The van der Waals surface area contributed by atoms with Crippen molar-refractivity contribution >= 4 is 11.6 Å². The van der Waals surface area contributed by atoms with Crippen LogP contribution >= 0.6 is 11.6 Å². The molecule has 0 heterocycles. The van der Waals surface area contributed by atoms with Crippen molar-refractivity contribution < 1.29 is 0 Å². The fourth-order valence-corrected chi connectivity index (χ4v) is 2.78. The van der Waals surface area contributed by atoms with Crippen LogP contribution in [0.2, 0.25) is 5.02 Å². The summed E-state index contributed by atoms with van der Waals surface area (Å²) in [5.41, 5.74) is 3.93. The largest absolute Gasteiger partial charge is 0.313 e. The first kappa shape index (κ1) is 16.1. The Kier molecular flexibility index (Phi) is 6.28. The van der Waals surface area contributed by atoms with Crippen LogP contribution < -0.4 is 5.32 Å². The van der Waals surface area contributed by atoms with E-state index in [4.69, 9.17) is 11.6 Å². The minimum absolute atomic E-state index is 0.296. The molecule has 112 valence electrons. The Morgan fingerprint density at radius 2 is 1.76 bits per heavy atom. The van der Waals surface area contributed by atoms with Crippen LogP contribution in [0.1, 0.15) is 42.5 Å². The molecule has 0 aromatic heterocycles. The first-order chi connectivity index (χ1) is 10.2. The maximum Gasteiger partial charge on any atom is 0.0438 e. The molecule has 0 aliphatic rings. The molecule has 0 bridgehead atoms. The number of halogens is 1.